The van der Waals surface area contributed by atoms with Gasteiger partial charge in [-0.05, 0) is 56.1 Å². The first-order valence-electron chi connectivity index (χ1n) is 8.15. The number of benzene rings is 1. The molecule has 2 heterocycles. The van der Waals surface area contributed by atoms with E-state index in [-0.39, 0.29) is 0 Å². The molecule has 0 unspecified atom stereocenters. The number of hydrogen-bond acceptors (Lipinski definition) is 5. The van der Waals surface area contributed by atoms with Gasteiger partial charge in [-0.2, -0.15) is 0 Å². The molecule has 2 aromatic rings. The average Bonchev–Trinajstić information content (AvgIpc) is 3.13. The fourth-order valence-corrected chi connectivity index (χ4v) is 2.86. The van der Waals surface area contributed by atoms with Crippen molar-refractivity contribution in [1.29, 1.82) is 0 Å². The molecule has 124 valence electrons. The Hall–Kier alpha value is -2.08. The summed E-state index contributed by atoms with van der Waals surface area (Å²) < 4.78 is 13.1. The lowest BCUT2D eigenvalue weighted by atomic mass is 9.98. The lowest BCUT2D eigenvalue weighted by molar-refractivity contribution is 0.138. The van der Waals surface area contributed by atoms with Crippen LogP contribution in [0.15, 0.2) is 36.9 Å². The van der Waals surface area contributed by atoms with E-state index in [2.05, 4.69) is 15.1 Å². The standard InChI is InChI=1S/C17H24N4O2/c1-22-16-2-4-17(5-3-16)23-12-15-6-8-20(9-7-15)10-11-21-13-18-19-14-21/h2-5,13-15H,6-12H2,1H3. The van der Waals surface area contributed by atoms with E-state index in [4.69, 9.17) is 9.47 Å². The summed E-state index contributed by atoms with van der Waals surface area (Å²) in [6, 6.07) is 7.80. The molecule has 3 rings (SSSR count). The fraction of sp³-hybridized carbons (Fsp3) is 0.529. The smallest absolute Gasteiger partial charge is 0.119 e. The first-order chi connectivity index (χ1) is 11.3. The van der Waals surface area contributed by atoms with Crippen molar-refractivity contribution < 1.29 is 9.47 Å². The highest BCUT2D eigenvalue weighted by Crippen LogP contribution is 2.21. The number of nitrogens with zero attached hydrogens (tertiary/aromatic N) is 4. The van der Waals surface area contributed by atoms with Crippen molar-refractivity contribution in [3.05, 3.63) is 36.9 Å². The first kappa shape index (κ1) is 15.8. The molecule has 1 aliphatic rings. The molecule has 0 aliphatic carbocycles. The Morgan fingerprint density at radius 2 is 1.65 bits per heavy atom. The summed E-state index contributed by atoms with van der Waals surface area (Å²) >= 11 is 0. The molecule has 0 N–H and O–H groups in total. The Labute approximate surface area is 137 Å². The molecule has 23 heavy (non-hydrogen) atoms. The molecule has 6 heteroatoms. The van der Waals surface area contributed by atoms with Crippen molar-refractivity contribution >= 4 is 0 Å². The third kappa shape index (κ3) is 4.69. The predicted molar refractivity (Wildman–Crippen MR) is 87.7 cm³/mol. The third-order valence-electron chi connectivity index (χ3n) is 4.39. The maximum atomic E-state index is 5.90. The molecule has 0 atom stereocenters. The van der Waals surface area contributed by atoms with Crippen molar-refractivity contribution in [2.24, 2.45) is 5.92 Å². The van der Waals surface area contributed by atoms with Crippen molar-refractivity contribution in [1.82, 2.24) is 19.7 Å². The van der Waals surface area contributed by atoms with Crippen LogP contribution in [0.3, 0.4) is 0 Å². The Morgan fingerprint density at radius 1 is 1.00 bits per heavy atom. The van der Waals surface area contributed by atoms with Crippen LogP contribution in [0.2, 0.25) is 0 Å². The molecule has 6 nitrogen and oxygen atoms in total. The van der Waals surface area contributed by atoms with E-state index >= 15 is 0 Å². The lowest BCUT2D eigenvalue weighted by Gasteiger charge is -2.31. The van der Waals surface area contributed by atoms with Gasteiger partial charge in [0, 0.05) is 13.1 Å². The first-order valence-corrected chi connectivity index (χ1v) is 8.15. The van der Waals surface area contributed by atoms with Gasteiger partial charge in [0.05, 0.1) is 13.7 Å². The van der Waals surface area contributed by atoms with Crippen LogP contribution in [0.4, 0.5) is 0 Å². The molecule has 0 saturated carbocycles. The van der Waals surface area contributed by atoms with Gasteiger partial charge in [0.15, 0.2) is 0 Å². The summed E-state index contributed by atoms with van der Waals surface area (Å²) in [6.07, 6.45) is 5.93. The SMILES string of the molecule is COc1ccc(OCC2CCN(CCn3cnnc3)CC2)cc1. The van der Waals surface area contributed by atoms with Gasteiger partial charge in [0.25, 0.3) is 0 Å². The van der Waals surface area contributed by atoms with Gasteiger partial charge in [0.1, 0.15) is 24.2 Å². The van der Waals surface area contributed by atoms with Crippen LogP contribution in [0, 0.1) is 5.92 Å². The molecule has 1 fully saturated rings. The predicted octanol–water partition coefficient (Wildman–Crippen LogP) is 2.08. The minimum absolute atomic E-state index is 0.642. The molecule has 1 saturated heterocycles. The van der Waals surface area contributed by atoms with Crippen molar-refractivity contribution in [2.45, 2.75) is 19.4 Å². The molecule has 0 radical (unpaired) electrons. The topological polar surface area (TPSA) is 52.4 Å². The number of ether oxygens (including phenoxy) is 2. The summed E-state index contributed by atoms with van der Waals surface area (Å²) in [5.74, 6) is 2.42. The zero-order valence-corrected chi connectivity index (χ0v) is 13.6. The zero-order chi connectivity index (χ0) is 15.9. The Morgan fingerprint density at radius 3 is 2.30 bits per heavy atom. The number of hydrogen-bond donors (Lipinski definition) is 0. The second kappa shape index (κ2) is 7.97. The van der Waals surface area contributed by atoms with Crippen LogP contribution in [-0.4, -0.2) is 53.0 Å². The summed E-state index contributed by atoms with van der Waals surface area (Å²) in [5.41, 5.74) is 0. The minimum atomic E-state index is 0.642. The molecule has 0 bridgehead atoms. The summed E-state index contributed by atoms with van der Waals surface area (Å²) in [6.45, 7) is 5.09. The highest BCUT2D eigenvalue weighted by atomic mass is 16.5. The molecule has 1 aliphatic heterocycles. The average molecular weight is 316 g/mol. The van der Waals surface area contributed by atoms with E-state index in [1.165, 1.54) is 12.8 Å². The highest BCUT2D eigenvalue weighted by Gasteiger charge is 2.19. The van der Waals surface area contributed by atoms with Crippen LogP contribution < -0.4 is 9.47 Å². The molecule has 1 aromatic heterocycles. The molecule has 0 amide bonds. The lowest BCUT2D eigenvalue weighted by Crippen LogP contribution is -2.37. The molecule has 1 aromatic carbocycles. The number of piperidine rings is 1. The van der Waals surface area contributed by atoms with Gasteiger partial charge in [-0.15, -0.1) is 10.2 Å². The van der Waals surface area contributed by atoms with Crippen LogP contribution in [0.5, 0.6) is 11.5 Å². The second-order valence-corrected chi connectivity index (χ2v) is 5.97. The molecular formula is C17H24N4O2. The largest absolute Gasteiger partial charge is 0.497 e. The Kier molecular flexibility index (Phi) is 5.47. The van der Waals surface area contributed by atoms with Gasteiger partial charge >= 0.3 is 0 Å². The maximum absolute atomic E-state index is 5.90. The monoisotopic (exact) mass is 316 g/mol. The summed E-state index contributed by atoms with van der Waals surface area (Å²) in [5, 5.41) is 7.66. The van der Waals surface area contributed by atoms with Crippen LogP contribution in [-0.2, 0) is 6.54 Å². The van der Waals surface area contributed by atoms with E-state index in [1.54, 1.807) is 19.8 Å². The number of aromatic nitrogens is 3. The quantitative estimate of drug-likeness (QED) is 0.783. The third-order valence-corrected chi connectivity index (χ3v) is 4.39. The van der Waals surface area contributed by atoms with Crippen molar-refractivity contribution in [3.63, 3.8) is 0 Å². The van der Waals surface area contributed by atoms with Gasteiger partial charge in [-0.25, -0.2) is 0 Å². The highest BCUT2D eigenvalue weighted by molar-refractivity contribution is 5.31. The van der Waals surface area contributed by atoms with Crippen LogP contribution in [0.25, 0.3) is 0 Å². The van der Waals surface area contributed by atoms with Crippen LogP contribution in [0.1, 0.15) is 12.8 Å². The van der Waals surface area contributed by atoms with E-state index in [0.29, 0.717) is 5.92 Å². The number of likely N-dealkylation sites (tertiary alicyclic amines) is 1. The van der Waals surface area contributed by atoms with E-state index < -0.39 is 0 Å². The second-order valence-electron chi connectivity index (χ2n) is 5.97. The van der Waals surface area contributed by atoms with Crippen molar-refractivity contribution in [2.75, 3.05) is 33.4 Å². The normalized spacial score (nSPS) is 16.4. The van der Waals surface area contributed by atoms with Gasteiger partial charge in [-0.3, -0.25) is 0 Å². The Bertz CT molecular complexity index is 563. The number of methoxy groups -OCH3 is 1. The maximum Gasteiger partial charge on any atom is 0.119 e. The van der Waals surface area contributed by atoms with E-state index in [9.17, 15) is 0 Å². The van der Waals surface area contributed by atoms with Gasteiger partial charge in [0.2, 0.25) is 0 Å². The van der Waals surface area contributed by atoms with Gasteiger partial charge < -0.3 is 18.9 Å². The van der Waals surface area contributed by atoms with E-state index in [0.717, 1.165) is 44.3 Å². The summed E-state index contributed by atoms with van der Waals surface area (Å²) in [4.78, 5) is 2.50. The van der Waals surface area contributed by atoms with Crippen molar-refractivity contribution in [3.8, 4) is 11.5 Å². The zero-order valence-electron chi connectivity index (χ0n) is 13.6. The van der Waals surface area contributed by atoms with E-state index in [1.807, 2.05) is 28.8 Å². The number of rotatable bonds is 7. The fourth-order valence-electron chi connectivity index (χ4n) is 2.86. The van der Waals surface area contributed by atoms with Crippen LogP contribution >= 0.6 is 0 Å². The molecule has 0 spiro atoms. The summed E-state index contributed by atoms with van der Waals surface area (Å²) in [7, 11) is 1.67. The molecular weight excluding hydrogens is 292 g/mol. The minimum Gasteiger partial charge on any atom is -0.497 e. The Balaban J connectivity index is 1.35. The van der Waals surface area contributed by atoms with Gasteiger partial charge in [-0.1, -0.05) is 0 Å².